The average molecular weight is 364 g/mol. The zero-order chi connectivity index (χ0) is 19.5. The van der Waals surface area contributed by atoms with Crippen molar-refractivity contribution in [3.63, 3.8) is 0 Å². The van der Waals surface area contributed by atoms with Gasteiger partial charge in [-0.05, 0) is 35.9 Å². The Balaban J connectivity index is 2.08. The predicted octanol–water partition coefficient (Wildman–Crippen LogP) is 4.48. The molecule has 0 heterocycles. The van der Waals surface area contributed by atoms with Gasteiger partial charge < -0.3 is 10.2 Å². The average Bonchev–Trinajstić information content (AvgIpc) is 2.59. The van der Waals surface area contributed by atoms with Crippen molar-refractivity contribution in [1.82, 2.24) is 5.32 Å². The van der Waals surface area contributed by atoms with Gasteiger partial charge >= 0.3 is 6.18 Å². The van der Waals surface area contributed by atoms with Crippen LogP contribution in [0.15, 0.2) is 48.5 Å². The smallest absolute Gasteiger partial charge is 0.378 e. The van der Waals surface area contributed by atoms with E-state index in [1.54, 1.807) is 32.0 Å². The first-order valence-electron chi connectivity index (χ1n) is 8.24. The van der Waals surface area contributed by atoms with Crippen LogP contribution in [-0.4, -0.2) is 26.5 Å². The van der Waals surface area contributed by atoms with E-state index in [1.165, 1.54) is 6.07 Å². The molecule has 0 aliphatic rings. The molecule has 0 aliphatic heterocycles. The van der Waals surface area contributed by atoms with Crippen molar-refractivity contribution in [3.8, 4) is 0 Å². The minimum atomic E-state index is -4.39. The molecule has 6 heteroatoms. The van der Waals surface area contributed by atoms with Crippen LogP contribution in [0.3, 0.4) is 0 Å². The van der Waals surface area contributed by atoms with Gasteiger partial charge in [0.2, 0.25) is 0 Å². The van der Waals surface area contributed by atoms with Crippen LogP contribution in [-0.2, 0) is 11.6 Å². The summed E-state index contributed by atoms with van der Waals surface area (Å²) in [5.74, 6) is -0.254. The number of carbonyl (C=O) groups excluding carboxylic acids is 1. The monoisotopic (exact) mass is 364 g/mol. The molecule has 0 aromatic heterocycles. The number of anilines is 1. The van der Waals surface area contributed by atoms with Gasteiger partial charge in [-0.1, -0.05) is 32.0 Å². The fourth-order valence-electron chi connectivity index (χ4n) is 2.53. The molecule has 0 atom stereocenters. The van der Waals surface area contributed by atoms with E-state index in [0.717, 1.165) is 17.8 Å². The van der Waals surface area contributed by atoms with Crippen molar-refractivity contribution in [1.29, 1.82) is 0 Å². The molecule has 0 saturated heterocycles. The summed E-state index contributed by atoms with van der Waals surface area (Å²) >= 11 is 0. The van der Waals surface area contributed by atoms with Gasteiger partial charge in [0.05, 0.1) is 5.56 Å². The van der Waals surface area contributed by atoms with E-state index in [2.05, 4.69) is 5.32 Å². The molecule has 0 saturated carbocycles. The number of hydrogen-bond acceptors (Lipinski definition) is 2. The maximum Gasteiger partial charge on any atom is 0.416 e. The lowest BCUT2D eigenvalue weighted by Crippen LogP contribution is -2.36. The standard InChI is InChI=1S/C20H23F3N2O/c1-19(2,15-6-5-7-16(12-15)20(21,22)23)13-24-18(26)14-8-10-17(11-9-14)25(3)4/h5-12H,13H2,1-4H3,(H,24,26). The molecule has 0 fully saturated rings. The molecule has 0 bridgehead atoms. The Morgan fingerprint density at radius 1 is 1.00 bits per heavy atom. The minimum Gasteiger partial charge on any atom is -0.378 e. The zero-order valence-electron chi connectivity index (χ0n) is 15.3. The number of nitrogens with zero attached hydrogens (tertiary/aromatic N) is 1. The Hall–Kier alpha value is -2.50. The van der Waals surface area contributed by atoms with E-state index in [-0.39, 0.29) is 12.5 Å². The largest absolute Gasteiger partial charge is 0.416 e. The summed E-state index contributed by atoms with van der Waals surface area (Å²) < 4.78 is 38.7. The Morgan fingerprint density at radius 3 is 2.12 bits per heavy atom. The van der Waals surface area contributed by atoms with Crippen molar-refractivity contribution in [3.05, 3.63) is 65.2 Å². The zero-order valence-corrected chi connectivity index (χ0v) is 15.3. The first-order valence-corrected chi connectivity index (χ1v) is 8.24. The van der Waals surface area contributed by atoms with Gasteiger partial charge in [0.25, 0.3) is 5.91 Å². The minimum absolute atomic E-state index is 0.225. The molecule has 140 valence electrons. The molecular formula is C20H23F3N2O. The van der Waals surface area contributed by atoms with Crippen LogP contribution in [0.5, 0.6) is 0 Å². The van der Waals surface area contributed by atoms with Gasteiger partial charge in [0.1, 0.15) is 0 Å². The van der Waals surface area contributed by atoms with E-state index in [0.29, 0.717) is 11.1 Å². The highest BCUT2D eigenvalue weighted by Gasteiger charge is 2.32. The van der Waals surface area contributed by atoms with E-state index in [9.17, 15) is 18.0 Å². The van der Waals surface area contributed by atoms with Gasteiger partial charge in [-0.15, -0.1) is 0 Å². The third-order valence-electron chi connectivity index (χ3n) is 4.31. The van der Waals surface area contributed by atoms with Crippen molar-refractivity contribution in [2.24, 2.45) is 0 Å². The summed E-state index contributed by atoms with van der Waals surface area (Å²) in [4.78, 5) is 14.3. The first-order chi connectivity index (χ1) is 12.0. The Labute approximate surface area is 151 Å². The second kappa shape index (κ2) is 7.40. The molecule has 2 rings (SSSR count). The number of carbonyl (C=O) groups is 1. The Morgan fingerprint density at radius 2 is 1.58 bits per heavy atom. The van der Waals surface area contributed by atoms with Crippen molar-refractivity contribution in [2.75, 3.05) is 25.5 Å². The molecule has 2 aromatic rings. The Bertz CT molecular complexity index is 765. The summed E-state index contributed by atoms with van der Waals surface area (Å²) in [6, 6.07) is 12.3. The topological polar surface area (TPSA) is 32.3 Å². The Kier molecular flexibility index (Phi) is 5.64. The van der Waals surface area contributed by atoms with Crippen molar-refractivity contribution < 1.29 is 18.0 Å². The van der Waals surface area contributed by atoms with Crippen LogP contribution < -0.4 is 10.2 Å². The van der Waals surface area contributed by atoms with Crippen LogP contribution in [0, 0.1) is 0 Å². The fourth-order valence-corrected chi connectivity index (χ4v) is 2.53. The van der Waals surface area contributed by atoms with Crippen LogP contribution in [0.1, 0.15) is 35.3 Å². The molecule has 0 spiro atoms. The van der Waals surface area contributed by atoms with E-state index >= 15 is 0 Å². The summed E-state index contributed by atoms with van der Waals surface area (Å²) in [6.07, 6.45) is -4.39. The SMILES string of the molecule is CN(C)c1ccc(C(=O)NCC(C)(C)c2cccc(C(F)(F)F)c2)cc1. The predicted molar refractivity (Wildman–Crippen MR) is 97.6 cm³/mol. The normalized spacial score (nSPS) is 12.0. The van der Waals surface area contributed by atoms with Crippen molar-refractivity contribution in [2.45, 2.75) is 25.4 Å². The lowest BCUT2D eigenvalue weighted by molar-refractivity contribution is -0.137. The molecule has 26 heavy (non-hydrogen) atoms. The summed E-state index contributed by atoms with van der Waals surface area (Å²) in [5, 5.41) is 2.81. The van der Waals surface area contributed by atoms with Gasteiger partial charge in [-0.3, -0.25) is 4.79 Å². The maximum absolute atomic E-state index is 12.9. The molecule has 0 radical (unpaired) electrons. The number of hydrogen-bond donors (Lipinski definition) is 1. The van der Waals surface area contributed by atoms with Gasteiger partial charge in [-0.2, -0.15) is 13.2 Å². The molecular weight excluding hydrogens is 341 g/mol. The number of benzene rings is 2. The molecule has 1 N–H and O–H groups in total. The van der Waals surface area contributed by atoms with E-state index in [4.69, 9.17) is 0 Å². The molecule has 0 unspecified atom stereocenters. The lowest BCUT2D eigenvalue weighted by Gasteiger charge is -2.26. The highest BCUT2D eigenvalue weighted by Crippen LogP contribution is 2.32. The molecule has 2 aromatic carbocycles. The number of amides is 1. The number of nitrogens with one attached hydrogen (secondary N) is 1. The lowest BCUT2D eigenvalue weighted by atomic mass is 9.83. The van der Waals surface area contributed by atoms with E-state index in [1.807, 2.05) is 31.1 Å². The molecule has 3 nitrogen and oxygen atoms in total. The number of alkyl halides is 3. The van der Waals surface area contributed by atoms with Crippen LogP contribution in [0.4, 0.5) is 18.9 Å². The summed E-state index contributed by atoms with van der Waals surface area (Å²) in [5.41, 5.74) is 0.686. The second-order valence-electron chi connectivity index (χ2n) is 7.09. The van der Waals surface area contributed by atoms with Gasteiger partial charge in [0, 0.05) is 37.3 Å². The first kappa shape index (κ1) is 19.8. The summed E-state index contributed by atoms with van der Waals surface area (Å²) in [7, 11) is 3.82. The maximum atomic E-state index is 12.9. The highest BCUT2D eigenvalue weighted by atomic mass is 19.4. The van der Waals surface area contributed by atoms with Crippen molar-refractivity contribution >= 4 is 11.6 Å². The van der Waals surface area contributed by atoms with E-state index < -0.39 is 17.2 Å². The highest BCUT2D eigenvalue weighted by molar-refractivity contribution is 5.94. The number of halogens is 3. The van der Waals surface area contributed by atoms with Crippen LogP contribution in [0.25, 0.3) is 0 Å². The van der Waals surface area contributed by atoms with Crippen LogP contribution >= 0.6 is 0 Å². The quantitative estimate of drug-likeness (QED) is 0.848. The van der Waals surface area contributed by atoms with Gasteiger partial charge in [0.15, 0.2) is 0 Å². The third kappa shape index (κ3) is 4.77. The number of rotatable bonds is 5. The molecule has 0 aliphatic carbocycles. The second-order valence-corrected chi connectivity index (χ2v) is 7.09. The fraction of sp³-hybridized carbons (Fsp3) is 0.350. The van der Waals surface area contributed by atoms with Crippen LogP contribution in [0.2, 0.25) is 0 Å². The van der Waals surface area contributed by atoms with Gasteiger partial charge in [-0.25, -0.2) is 0 Å². The molecule has 1 amide bonds. The summed E-state index contributed by atoms with van der Waals surface area (Å²) in [6.45, 7) is 3.83. The third-order valence-corrected chi connectivity index (χ3v) is 4.31.